The molecule has 1 aliphatic carbocycles. The highest BCUT2D eigenvalue weighted by atomic mass is 16.5. The number of nitrogens with one attached hydrogen (secondary N) is 1. The van der Waals surface area contributed by atoms with Gasteiger partial charge in [-0.15, -0.1) is 0 Å². The van der Waals surface area contributed by atoms with E-state index in [1.165, 1.54) is 44.1 Å². The topological polar surface area (TPSA) is 21.3 Å². The molecule has 1 saturated carbocycles. The van der Waals surface area contributed by atoms with Gasteiger partial charge in [0.25, 0.3) is 0 Å². The van der Waals surface area contributed by atoms with Crippen molar-refractivity contribution in [2.24, 2.45) is 5.92 Å². The molecule has 112 valence electrons. The van der Waals surface area contributed by atoms with Crippen LogP contribution in [0.2, 0.25) is 0 Å². The summed E-state index contributed by atoms with van der Waals surface area (Å²) in [7, 11) is 2.08. The Bertz CT molecular complexity index is 383. The minimum atomic E-state index is 0.460. The van der Waals surface area contributed by atoms with Crippen LogP contribution in [0.1, 0.15) is 64.0 Å². The van der Waals surface area contributed by atoms with E-state index in [-0.39, 0.29) is 0 Å². The van der Waals surface area contributed by atoms with Gasteiger partial charge in [-0.25, -0.2) is 0 Å². The lowest BCUT2D eigenvalue weighted by Crippen LogP contribution is -2.25. The van der Waals surface area contributed by atoms with Crippen LogP contribution in [-0.2, 0) is 0 Å². The minimum Gasteiger partial charge on any atom is -0.490 e. The fourth-order valence-corrected chi connectivity index (χ4v) is 2.88. The van der Waals surface area contributed by atoms with Gasteiger partial charge in [0.15, 0.2) is 0 Å². The van der Waals surface area contributed by atoms with Crippen molar-refractivity contribution >= 4 is 0 Å². The summed E-state index contributed by atoms with van der Waals surface area (Å²) in [6.45, 7) is 4.57. The lowest BCUT2D eigenvalue weighted by molar-refractivity contribution is 0.302. The van der Waals surface area contributed by atoms with Gasteiger partial charge in [-0.2, -0.15) is 0 Å². The molecule has 0 aromatic heterocycles. The van der Waals surface area contributed by atoms with Gasteiger partial charge in [0.1, 0.15) is 5.75 Å². The molecule has 2 rings (SSSR count). The van der Waals surface area contributed by atoms with Crippen LogP contribution in [0, 0.1) is 5.92 Å². The largest absolute Gasteiger partial charge is 0.490 e. The Morgan fingerprint density at radius 3 is 2.40 bits per heavy atom. The van der Waals surface area contributed by atoms with E-state index in [9.17, 15) is 0 Å². The lowest BCUT2D eigenvalue weighted by atomic mass is 9.87. The molecule has 0 amide bonds. The molecule has 0 saturated heterocycles. The summed E-state index contributed by atoms with van der Waals surface area (Å²) in [5.41, 5.74) is 1.39. The molecule has 1 fully saturated rings. The van der Waals surface area contributed by atoms with E-state index in [1.807, 2.05) is 0 Å². The summed E-state index contributed by atoms with van der Waals surface area (Å²) in [5.74, 6) is 1.74. The van der Waals surface area contributed by atoms with Gasteiger partial charge < -0.3 is 10.1 Å². The molecular weight excluding hydrogens is 246 g/mol. The van der Waals surface area contributed by atoms with Gasteiger partial charge in [0.05, 0.1) is 6.10 Å². The van der Waals surface area contributed by atoms with Gasteiger partial charge >= 0.3 is 0 Å². The Kier molecular flexibility index (Phi) is 5.90. The van der Waals surface area contributed by atoms with Crippen molar-refractivity contribution in [2.75, 3.05) is 7.05 Å². The molecule has 1 aliphatic rings. The van der Waals surface area contributed by atoms with Crippen LogP contribution in [0.5, 0.6) is 5.75 Å². The number of unbranched alkanes of at least 4 members (excludes halogenated alkanes) is 1. The standard InChI is InChI=1S/C18H29NO/c1-4-6-7-14(5-2)18(19-3)15-8-10-16(11-9-15)20-17-12-13-17/h8-11,14,17-19H,4-7,12-13H2,1-3H3. The first-order valence-electron chi connectivity index (χ1n) is 8.22. The summed E-state index contributed by atoms with van der Waals surface area (Å²) in [6.07, 6.45) is 8.05. The molecule has 0 heterocycles. The second-order valence-electron chi connectivity index (χ2n) is 5.96. The van der Waals surface area contributed by atoms with Gasteiger partial charge in [-0.05, 0) is 49.9 Å². The Hall–Kier alpha value is -1.02. The van der Waals surface area contributed by atoms with Crippen LogP contribution in [0.25, 0.3) is 0 Å². The van der Waals surface area contributed by atoms with E-state index >= 15 is 0 Å². The number of hydrogen-bond donors (Lipinski definition) is 1. The first-order valence-corrected chi connectivity index (χ1v) is 8.22. The lowest BCUT2D eigenvalue weighted by Gasteiger charge is -2.26. The van der Waals surface area contributed by atoms with Crippen LogP contribution in [-0.4, -0.2) is 13.2 Å². The second kappa shape index (κ2) is 7.68. The summed E-state index contributed by atoms with van der Waals surface area (Å²) in [5, 5.41) is 3.51. The van der Waals surface area contributed by atoms with E-state index in [0.29, 0.717) is 12.1 Å². The first-order chi connectivity index (χ1) is 9.78. The molecule has 2 heteroatoms. The monoisotopic (exact) mass is 275 g/mol. The normalized spacial score (nSPS) is 17.8. The summed E-state index contributed by atoms with van der Waals surface area (Å²) in [4.78, 5) is 0. The highest BCUT2D eigenvalue weighted by Crippen LogP contribution is 2.31. The van der Waals surface area contributed by atoms with Crippen molar-refractivity contribution in [1.82, 2.24) is 5.32 Å². The maximum Gasteiger partial charge on any atom is 0.119 e. The van der Waals surface area contributed by atoms with Crippen molar-refractivity contribution in [3.05, 3.63) is 29.8 Å². The fraction of sp³-hybridized carbons (Fsp3) is 0.667. The Morgan fingerprint density at radius 1 is 1.20 bits per heavy atom. The number of benzene rings is 1. The van der Waals surface area contributed by atoms with E-state index < -0.39 is 0 Å². The van der Waals surface area contributed by atoms with Gasteiger partial charge in [-0.3, -0.25) is 0 Å². The summed E-state index contributed by atoms with van der Waals surface area (Å²) >= 11 is 0. The molecule has 0 bridgehead atoms. The van der Waals surface area contributed by atoms with Crippen molar-refractivity contribution in [1.29, 1.82) is 0 Å². The molecule has 2 unspecified atom stereocenters. The molecule has 2 atom stereocenters. The zero-order valence-electron chi connectivity index (χ0n) is 13.2. The van der Waals surface area contributed by atoms with E-state index in [4.69, 9.17) is 4.74 Å². The smallest absolute Gasteiger partial charge is 0.119 e. The van der Waals surface area contributed by atoms with Gasteiger partial charge in [-0.1, -0.05) is 45.2 Å². The fourth-order valence-electron chi connectivity index (χ4n) is 2.88. The van der Waals surface area contributed by atoms with E-state index in [1.54, 1.807) is 0 Å². The molecular formula is C18H29NO. The molecule has 1 N–H and O–H groups in total. The number of hydrogen-bond acceptors (Lipinski definition) is 2. The highest BCUT2D eigenvalue weighted by Gasteiger charge is 2.24. The molecule has 20 heavy (non-hydrogen) atoms. The minimum absolute atomic E-state index is 0.460. The highest BCUT2D eigenvalue weighted by molar-refractivity contribution is 5.30. The predicted molar refractivity (Wildman–Crippen MR) is 85.2 cm³/mol. The van der Waals surface area contributed by atoms with Crippen LogP contribution in [0.4, 0.5) is 0 Å². The van der Waals surface area contributed by atoms with Crippen molar-refractivity contribution in [3.8, 4) is 5.75 Å². The molecule has 0 radical (unpaired) electrons. The third kappa shape index (κ3) is 4.24. The molecule has 1 aromatic carbocycles. The molecule has 1 aromatic rings. The zero-order chi connectivity index (χ0) is 14.4. The maximum atomic E-state index is 5.82. The van der Waals surface area contributed by atoms with Gasteiger partial charge in [0, 0.05) is 6.04 Å². The first kappa shape index (κ1) is 15.4. The Labute approximate surface area is 123 Å². The van der Waals surface area contributed by atoms with Crippen LogP contribution in [0.3, 0.4) is 0 Å². The SMILES string of the molecule is CCCCC(CC)C(NC)c1ccc(OC2CC2)cc1. The second-order valence-corrected chi connectivity index (χ2v) is 5.96. The summed E-state index contributed by atoms with van der Waals surface area (Å²) < 4.78 is 5.82. The van der Waals surface area contributed by atoms with Crippen LogP contribution >= 0.6 is 0 Å². The summed E-state index contributed by atoms with van der Waals surface area (Å²) in [6, 6.07) is 9.18. The average molecular weight is 275 g/mol. The predicted octanol–water partition coefficient (Wildman–Crippen LogP) is 4.70. The number of ether oxygens (including phenoxy) is 1. The van der Waals surface area contributed by atoms with Crippen LogP contribution in [0.15, 0.2) is 24.3 Å². The molecule has 0 aliphatic heterocycles. The van der Waals surface area contributed by atoms with Gasteiger partial charge in [0.2, 0.25) is 0 Å². The van der Waals surface area contributed by atoms with E-state index in [0.717, 1.165) is 11.7 Å². The quantitative estimate of drug-likeness (QED) is 0.705. The molecule has 0 spiro atoms. The maximum absolute atomic E-state index is 5.82. The number of rotatable bonds is 9. The molecule has 2 nitrogen and oxygen atoms in total. The average Bonchev–Trinajstić information content (AvgIpc) is 3.29. The zero-order valence-corrected chi connectivity index (χ0v) is 13.2. The van der Waals surface area contributed by atoms with Crippen molar-refractivity contribution in [3.63, 3.8) is 0 Å². The van der Waals surface area contributed by atoms with Crippen LogP contribution < -0.4 is 10.1 Å². The Balaban J connectivity index is 2.00. The van der Waals surface area contributed by atoms with Crippen molar-refractivity contribution in [2.45, 2.75) is 64.5 Å². The third-order valence-electron chi connectivity index (χ3n) is 4.30. The third-order valence-corrected chi connectivity index (χ3v) is 4.30. The Morgan fingerprint density at radius 2 is 1.90 bits per heavy atom. The van der Waals surface area contributed by atoms with E-state index in [2.05, 4.69) is 50.5 Å². The van der Waals surface area contributed by atoms with Crippen molar-refractivity contribution < 1.29 is 4.74 Å².